The third-order valence-corrected chi connectivity index (χ3v) is 2.94. The Morgan fingerprint density at radius 3 is 2.06 bits per heavy atom. The van der Waals surface area contributed by atoms with Crippen molar-refractivity contribution in [1.82, 2.24) is 0 Å². The maximum atomic E-state index is 11.7. The smallest absolute Gasteiger partial charge is 0.210 e. The molecule has 2 rings (SSSR count). The van der Waals surface area contributed by atoms with Gasteiger partial charge in [-0.1, -0.05) is 0 Å². The van der Waals surface area contributed by atoms with Crippen molar-refractivity contribution < 1.29 is 9.59 Å². The van der Waals surface area contributed by atoms with E-state index in [1.807, 2.05) is 0 Å². The van der Waals surface area contributed by atoms with Gasteiger partial charge in [-0.25, -0.2) is 0 Å². The van der Waals surface area contributed by atoms with E-state index in [-0.39, 0.29) is 26.9 Å². The lowest BCUT2D eigenvalue weighted by atomic mass is 9.97. The summed E-state index contributed by atoms with van der Waals surface area (Å²) in [6.45, 7) is 0. The fraction of sp³-hybridized carbons (Fsp3) is 0. The number of allylic oxidation sites excluding steroid dienone is 2. The fourth-order valence-electron chi connectivity index (χ4n) is 1.51. The SMILES string of the molecule is N#Cc1cc2c(cc(Br)c1=O)C(=O)C=CC2=O. The average Bonchev–Trinajstić information content (AvgIpc) is 2.44. The maximum absolute atomic E-state index is 11.7. The van der Waals surface area contributed by atoms with E-state index in [0.29, 0.717) is 0 Å². The van der Waals surface area contributed by atoms with Crippen LogP contribution < -0.4 is 5.43 Å². The number of carbonyl (C=O) groups is 2. The summed E-state index contributed by atoms with van der Waals surface area (Å²) >= 11 is 2.99. The molecular weight excluding hydrogens is 286 g/mol. The second-order valence-corrected chi connectivity index (χ2v) is 4.23. The van der Waals surface area contributed by atoms with E-state index < -0.39 is 11.2 Å². The van der Waals surface area contributed by atoms with Gasteiger partial charge in [0.25, 0.3) is 0 Å². The van der Waals surface area contributed by atoms with Crippen LogP contribution in [0.3, 0.4) is 0 Å². The summed E-state index contributed by atoms with van der Waals surface area (Å²) in [6, 6.07) is 4.15. The molecule has 0 amide bonds. The molecular formula is C12H4BrNO3. The lowest BCUT2D eigenvalue weighted by Crippen LogP contribution is -2.09. The summed E-state index contributed by atoms with van der Waals surface area (Å²) in [5.41, 5.74) is -0.503. The molecule has 1 aromatic rings. The first-order chi connectivity index (χ1) is 8.04. The molecule has 0 spiro atoms. The molecule has 0 radical (unpaired) electrons. The Labute approximate surface area is 104 Å². The van der Waals surface area contributed by atoms with Crippen LogP contribution in [0.1, 0.15) is 26.3 Å². The molecule has 0 aliphatic heterocycles. The van der Waals surface area contributed by atoms with Crippen molar-refractivity contribution in [2.75, 3.05) is 0 Å². The van der Waals surface area contributed by atoms with Gasteiger partial charge in [-0.3, -0.25) is 14.4 Å². The van der Waals surface area contributed by atoms with E-state index in [9.17, 15) is 14.4 Å². The Balaban J connectivity index is 2.95. The van der Waals surface area contributed by atoms with E-state index in [1.165, 1.54) is 6.07 Å². The zero-order valence-corrected chi connectivity index (χ0v) is 9.95. The van der Waals surface area contributed by atoms with Gasteiger partial charge in [-0.2, -0.15) is 5.26 Å². The molecule has 4 nitrogen and oxygen atoms in total. The van der Waals surface area contributed by atoms with Gasteiger partial charge in [-0.15, -0.1) is 0 Å². The molecule has 0 N–H and O–H groups in total. The quantitative estimate of drug-likeness (QED) is 0.727. The summed E-state index contributed by atoms with van der Waals surface area (Å²) in [7, 11) is 0. The minimum absolute atomic E-state index is 0.0804. The number of hydrogen-bond donors (Lipinski definition) is 0. The second-order valence-electron chi connectivity index (χ2n) is 3.38. The molecule has 5 heteroatoms. The van der Waals surface area contributed by atoms with E-state index in [2.05, 4.69) is 15.9 Å². The highest BCUT2D eigenvalue weighted by Crippen LogP contribution is 2.18. The van der Waals surface area contributed by atoms with Crippen LogP contribution >= 0.6 is 15.9 Å². The minimum atomic E-state index is -0.539. The summed E-state index contributed by atoms with van der Waals surface area (Å²) in [4.78, 5) is 34.8. The van der Waals surface area contributed by atoms with Crippen molar-refractivity contribution in [2.45, 2.75) is 0 Å². The Morgan fingerprint density at radius 2 is 1.53 bits per heavy atom. The predicted octanol–water partition coefficient (Wildman–Crippen LogP) is 1.62. The van der Waals surface area contributed by atoms with Crippen LogP contribution in [-0.4, -0.2) is 11.6 Å². The highest BCUT2D eigenvalue weighted by molar-refractivity contribution is 9.10. The topological polar surface area (TPSA) is 75.0 Å². The standard InChI is InChI=1S/C12H4BrNO3/c13-9-4-8-7(3-6(5-14)12(9)17)10(15)1-2-11(8)16/h1-4H. The molecule has 0 heterocycles. The molecule has 0 aromatic heterocycles. The third kappa shape index (κ3) is 1.83. The van der Waals surface area contributed by atoms with Gasteiger partial charge in [0.05, 0.1) is 4.47 Å². The van der Waals surface area contributed by atoms with Crippen LogP contribution in [0.25, 0.3) is 0 Å². The molecule has 82 valence electrons. The molecule has 1 aliphatic carbocycles. The van der Waals surface area contributed by atoms with Gasteiger partial charge >= 0.3 is 0 Å². The summed E-state index contributed by atoms with van der Waals surface area (Å²) in [5, 5.41) is 8.82. The number of hydrogen-bond acceptors (Lipinski definition) is 4. The van der Waals surface area contributed by atoms with Crippen molar-refractivity contribution in [1.29, 1.82) is 5.26 Å². The Hall–Kier alpha value is -2.06. The molecule has 0 unspecified atom stereocenters. The van der Waals surface area contributed by atoms with Gasteiger partial charge in [-0.05, 0) is 40.2 Å². The van der Waals surface area contributed by atoms with Crippen molar-refractivity contribution in [3.05, 3.63) is 55.7 Å². The van der Waals surface area contributed by atoms with Gasteiger partial charge in [0.2, 0.25) is 5.43 Å². The second kappa shape index (κ2) is 4.07. The van der Waals surface area contributed by atoms with Crippen molar-refractivity contribution in [3.8, 4) is 6.07 Å². The Bertz CT molecular complexity index is 683. The highest BCUT2D eigenvalue weighted by Gasteiger charge is 2.20. The average molecular weight is 290 g/mol. The lowest BCUT2D eigenvalue weighted by Gasteiger charge is -2.04. The first-order valence-corrected chi connectivity index (χ1v) is 5.38. The first kappa shape index (κ1) is 11.4. The molecule has 1 aromatic carbocycles. The van der Waals surface area contributed by atoms with Gasteiger partial charge < -0.3 is 0 Å². The number of fused-ring (bicyclic) bond motifs is 1. The number of nitrogens with zero attached hydrogens (tertiary/aromatic N) is 1. The molecule has 1 aliphatic rings. The zero-order valence-electron chi connectivity index (χ0n) is 8.36. The van der Waals surface area contributed by atoms with Gasteiger partial charge in [0.1, 0.15) is 11.6 Å². The fourth-order valence-corrected chi connectivity index (χ4v) is 1.95. The summed E-state index contributed by atoms with van der Waals surface area (Å²) in [5.74, 6) is -0.751. The van der Waals surface area contributed by atoms with Crippen LogP contribution in [-0.2, 0) is 0 Å². The molecule has 0 bridgehead atoms. The van der Waals surface area contributed by atoms with Crippen molar-refractivity contribution in [3.63, 3.8) is 0 Å². The van der Waals surface area contributed by atoms with Crippen molar-refractivity contribution >= 4 is 27.5 Å². The first-order valence-electron chi connectivity index (χ1n) is 4.59. The number of carbonyl (C=O) groups excluding carboxylic acids is 2. The van der Waals surface area contributed by atoms with Crippen molar-refractivity contribution in [2.24, 2.45) is 0 Å². The zero-order chi connectivity index (χ0) is 12.6. The monoisotopic (exact) mass is 289 g/mol. The van der Waals surface area contributed by atoms with E-state index >= 15 is 0 Å². The van der Waals surface area contributed by atoms with Gasteiger partial charge in [0, 0.05) is 11.1 Å². The Morgan fingerprint density at radius 1 is 1.00 bits per heavy atom. The summed E-state index contributed by atoms with van der Waals surface area (Å²) in [6.07, 6.45) is 2.28. The van der Waals surface area contributed by atoms with Crippen LogP contribution in [0.5, 0.6) is 0 Å². The Kier molecular flexibility index (Phi) is 2.74. The largest absolute Gasteiger partial charge is 0.289 e. The van der Waals surface area contributed by atoms with E-state index in [0.717, 1.165) is 18.2 Å². The van der Waals surface area contributed by atoms with Crippen LogP contribution in [0.15, 0.2) is 33.6 Å². The number of ketones is 2. The third-order valence-electron chi connectivity index (χ3n) is 2.35. The lowest BCUT2D eigenvalue weighted by molar-refractivity contribution is 0.0994. The molecule has 17 heavy (non-hydrogen) atoms. The highest BCUT2D eigenvalue weighted by atomic mass is 79.9. The normalized spacial score (nSPS) is 13.2. The predicted molar refractivity (Wildman–Crippen MR) is 62.9 cm³/mol. The number of halogens is 1. The summed E-state index contributed by atoms with van der Waals surface area (Å²) < 4.78 is 0.0896. The van der Waals surface area contributed by atoms with E-state index in [1.54, 1.807) is 6.07 Å². The number of rotatable bonds is 0. The maximum Gasteiger partial charge on any atom is 0.210 e. The minimum Gasteiger partial charge on any atom is -0.289 e. The molecule has 0 fully saturated rings. The molecule has 0 saturated heterocycles. The van der Waals surface area contributed by atoms with E-state index in [4.69, 9.17) is 5.26 Å². The molecule has 0 atom stereocenters. The number of nitriles is 1. The van der Waals surface area contributed by atoms with Gasteiger partial charge in [0.15, 0.2) is 11.6 Å². The van der Waals surface area contributed by atoms with Crippen LogP contribution in [0.2, 0.25) is 0 Å². The van der Waals surface area contributed by atoms with Crippen LogP contribution in [0.4, 0.5) is 0 Å². The van der Waals surface area contributed by atoms with Crippen LogP contribution in [0, 0.1) is 11.3 Å². The molecule has 0 saturated carbocycles.